The van der Waals surface area contributed by atoms with Crippen LogP contribution in [0.5, 0.6) is 0 Å². The maximum atomic E-state index is 11.7. The second-order valence-corrected chi connectivity index (χ2v) is 4.32. The van der Waals surface area contributed by atoms with Crippen molar-refractivity contribution in [2.45, 2.75) is 6.42 Å². The average Bonchev–Trinajstić information content (AvgIpc) is 2.39. The number of amides is 1. The number of rotatable bonds is 2. The van der Waals surface area contributed by atoms with E-state index in [1.807, 2.05) is 12.1 Å². The molecule has 0 spiro atoms. The van der Waals surface area contributed by atoms with Gasteiger partial charge in [0, 0.05) is 26.8 Å². The van der Waals surface area contributed by atoms with E-state index in [2.05, 4.69) is 16.4 Å². The normalized spacial score (nSPS) is 15.3. The van der Waals surface area contributed by atoms with E-state index in [1.165, 1.54) is 5.57 Å². The molecule has 90 valence electrons. The summed E-state index contributed by atoms with van der Waals surface area (Å²) in [6.07, 6.45) is 4.80. The molecule has 0 saturated heterocycles. The number of hydrogen-bond donors (Lipinski definition) is 1. The summed E-state index contributed by atoms with van der Waals surface area (Å²) in [6, 6.07) is 3.77. The van der Waals surface area contributed by atoms with Crippen LogP contribution in [0.4, 0.5) is 0 Å². The minimum Gasteiger partial charge on any atom is -0.345 e. The number of nitrogens with one attached hydrogen (secondary N) is 1. The van der Waals surface area contributed by atoms with Gasteiger partial charge in [-0.15, -0.1) is 0 Å². The monoisotopic (exact) mass is 231 g/mol. The second-order valence-electron chi connectivity index (χ2n) is 4.32. The van der Waals surface area contributed by atoms with E-state index in [0.29, 0.717) is 5.56 Å². The molecule has 0 fully saturated rings. The fraction of sp³-hybridized carbons (Fsp3) is 0.385. The first kappa shape index (κ1) is 11.8. The van der Waals surface area contributed by atoms with Crippen molar-refractivity contribution in [3.05, 3.63) is 35.7 Å². The lowest BCUT2D eigenvalue weighted by molar-refractivity contribution is 0.0827. The van der Waals surface area contributed by atoms with Gasteiger partial charge in [0.2, 0.25) is 0 Å². The van der Waals surface area contributed by atoms with Crippen molar-refractivity contribution >= 4 is 11.5 Å². The quantitative estimate of drug-likeness (QED) is 0.830. The van der Waals surface area contributed by atoms with Crippen LogP contribution in [-0.4, -0.2) is 43.0 Å². The van der Waals surface area contributed by atoms with Gasteiger partial charge in [0.05, 0.1) is 11.3 Å². The van der Waals surface area contributed by atoms with Gasteiger partial charge in [-0.25, -0.2) is 0 Å². The van der Waals surface area contributed by atoms with Gasteiger partial charge in [0.1, 0.15) is 0 Å². The number of hydrogen-bond acceptors (Lipinski definition) is 3. The minimum atomic E-state index is -0.0108. The molecule has 0 radical (unpaired) electrons. The van der Waals surface area contributed by atoms with Crippen LogP contribution < -0.4 is 5.32 Å². The van der Waals surface area contributed by atoms with Gasteiger partial charge in [-0.05, 0) is 30.7 Å². The Balaban J connectivity index is 2.18. The number of carbonyl (C=O) groups is 1. The molecule has 0 saturated carbocycles. The molecule has 4 nitrogen and oxygen atoms in total. The van der Waals surface area contributed by atoms with E-state index in [9.17, 15) is 4.79 Å². The van der Waals surface area contributed by atoms with E-state index < -0.39 is 0 Å². The maximum Gasteiger partial charge on any atom is 0.254 e. The molecule has 17 heavy (non-hydrogen) atoms. The average molecular weight is 231 g/mol. The van der Waals surface area contributed by atoms with Gasteiger partial charge in [0.25, 0.3) is 5.91 Å². The second kappa shape index (κ2) is 5.10. The molecule has 1 aliphatic rings. The van der Waals surface area contributed by atoms with Crippen LogP contribution in [0.3, 0.4) is 0 Å². The highest BCUT2D eigenvalue weighted by Crippen LogP contribution is 2.17. The van der Waals surface area contributed by atoms with Gasteiger partial charge in [-0.3, -0.25) is 9.78 Å². The van der Waals surface area contributed by atoms with Gasteiger partial charge in [-0.2, -0.15) is 0 Å². The Kier molecular flexibility index (Phi) is 3.54. The van der Waals surface area contributed by atoms with Crippen LogP contribution in [-0.2, 0) is 0 Å². The molecule has 0 atom stereocenters. The zero-order chi connectivity index (χ0) is 12.3. The molecule has 1 N–H and O–H groups in total. The third-order valence-electron chi connectivity index (χ3n) is 2.81. The predicted molar refractivity (Wildman–Crippen MR) is 67.7 cm³/mol. The molecular weight excluding hydrogens is 214 g/mol. The molecule has 0 unspecified atom stereocenters. The molecular formula is C13H17N3O. The third kappa shape index (κ3) is 2.71. The molecule has 2 heterocycles. The highest BCUT2D eigenvalue weighted by atomic mass is 16.2. The minimum absolute atomic E-state index is 0.0108. The van der Waals surface area contributed by atoms with Gasteiger partial charge >= 0.3 is 0 Å². The fourth-order valence-electron chi connectivity index (χ4n) is 1.82. The van der Waals surface area contributed by atoms with Crippen molar-refractivity contribution in [1.29, 1.82) is 0 Å². The smallest absolute Gasteiger partial charge is 0.254 e. The van der Waals surface area contributed by atoms with E-state index >= 15 is 0 Å². The molecule has 0 bridgehead atoms. The third-order valence-corrected chi connectivity index (χ3v) is 2.81. The molecule has 0 aliphatic carbocycles. The molecule has 0 aromatic carbocycles. The van der Waals surface area contributed by atoms with Crippen molar-refractivity contribution in [2.24, 2.45) is 0 Å². The van der Waals surface area contributed by atoms with Crippen LogP contribution in [0.15, 0.2) is 24.4 Å². The summed E-state index contributed by atoms with van der Waals surface area (Å²) < 4.78 is 0. The summed E-state index contributed by atoms with van der Waals surface area (Å²) in [6.45, 7) is 1.89. The molecule has 2 rings (SSSR count). The number of carbonyl (C=O) groups excluding carboxylic acids is 1. The van der Waals surface area contributed by atoms with Gasteiger partial charge < -0.3 is 10.2 Å². The summed E-state index contributed by atoms with van der Waals surface area (Å²) >= 11 is 0. The van der Waals surface area contributed by atoms with Crippen LogP contribution in [0.2, 0.25) is 0 Å². The van der Waals surface area contributed by atoms with Gasteiger partial charge in [0.15, 0.2) is 0 Å². The summed E-state index contributed by atoms with van der Waals surface area (Å²) in [5.41, 5.74) is 2.86. The first-order valence-corrected chi connectivity index (χ1v) is 5.76. The summed E-state index contributed by atoms with van der Waals surface area (Å²) in [7, 11) is 3.48. The van der Waals surface area contributed by atoms with Crippen LogP contribution in [0.1, 0.15) is 22.5 Å². The first-order valence-electron chi connectivity index (χ1n) is 5.76. The molecule has 4 heteroatoms. The summed E-state index contributed by atoms with van der Waals surface area (Å²) in [5.74, 6) is -0.0108. The Labute approximate surface area is 101 Å². The zero-order valence-corrected chi connectivity index (χ0v) is 10.2. The Morgan fingerprint density at radius 3 is 2.76 bits per heavy atom. The van der Waals surface area contributed by atoms with E-state index in [1.54, 1.807) is 25.2 Å². The lowest BCUT2D eigenvalue weighted by atomic mass is 10.0. The van der Waals surface area contributed by atoms with E-state index in [0.717, 1.165) is 25.2 Å². The lowest BCUT2D eigenvalue weighted by Crippen LogP contribution is -2.22. The zero-order valence-electron chi connectivity index (χ0n) is 10.2. The van der Waals surface area contributed by atoms with Crippen molar-refractivity contribution in [1.82, 2.24) is 15.2 Å². The van der Waals surface area contributed by atoms with Crippen LogP contribution >= 0.6 is 0 Å². The predicted octanol–water partition coefficient (Wildman–Crippen LogP) is 1.16. The van der Waals surface area contributed by atoms with Crippen molar-refractivity contribution < 1.29 is 4.79 Å². The highest BCUT2D eigenvalue weighted by molar-refractivity contribution is 5.93. The topological polar surface area (TPSA) is 45.2 Å². The standard InChI is InChI=1S/C13H17N3O/c1-16(2)13(17)11-3-4-12(15-9-11)10-5-7-14-8-6-10/h3-5,9,14H,6-8H2,1-2H3. The number of nitrogens with zero attached hydrogens (tertiary/aromatic N) is 2. The summed E-state index contributed by atoms with van der Waals surface area (Å²) in [4.78, 5) is 17.6. The van der Waals surface area contributed by atoms with Crippen molar-refractivity contribution in [3.63, 3.8) is 0 Å². The van der Waals surface area contributed by atoms with Gasteiger partial charge in [-0.1, -0.05) is 6.08 Å². The Bertz CT molecular complexity index is 434. The Morgan fingerprint density at radius 1 is 1.41 bits per heavy atom. The molecule has 1 aliphatic heterocycles. The number of aromatic nitrogens is 1. The first-order chi connectivity index (χ1) is 8.18. The van der Waals surface area contributed by atoms with E-state index in [-0.39, 0.29) is 5.91 Å². The van der Waals surface area contributed by atoms with Crippen LogP contribution in [0.25, 0.3) is 5.57 Å². The highest BCUT2D eigenvalue weighted by Gasteiger charge is 2.10. The van der Waals surface area contributed by atoms with Crippen molar-refractivity contribution in [2.75, 3.05) is 27.2 Å². The molecule has 1 aromatic rings. The molecule has 1 amide bonds. The number of pyridine rings is 1. The van der Waals surface area contributed by atoms with E-state index in [4.69, 9.17) is 0 Å². The van der Waals surface area contributed by atoms with Crippen LogP contribution in [0, 0.1) is 0 Å². The SMILES string of the molecule is CN(C)C(=O)c1ccc(C2=CCNCC2)nc1. The largest absolute Gasteiger partial charge is 0.345 e. The fourth-order valence-corrected chi connectivity index (χ4v) is 1.82. The van der Waals surface area contributed by atoms with Crippen molar-refractivity contribution in [3.8, 4) is 0 Å². The Morgan fingerprint density at radius 2 is 2.24 bits per heavy atom. The Hall–Kier alpha value is -1.68. The summed E-state index contributed by atoms with van der Waals surface area (Å²) in [5, 5.41) is 3.26. The maximum absolute atomic E-state index is 11.7. The lowest BCUT2D eigenvalue weighted by Gasteiger charge is -2.14. The molecule has 1 aromatic heterocycles.